The smallest absolute Gasteiger partial charge is 0.230 e. The molecule has 1 N–H and O–H groups in total. The zero-order chi connectivity index (χ0) is 17.1. The van der Waals surface area contributed by atoms with Crippen molar-refractivity contribution < 1.29 is 4.79 Å². The molecule has 3 rings (SSSR count). The Morgan fingerprint density at radius 1 is 1.42 bits per heavy atom. The molecule has 2 aromatic rings. The molecule has 7 heteroatoms. The van der Waals surface area contributed by atoms with E-state index in [0.29, 0.717) is 16.7 Å². The molecule has 0 spiro atoms. The Morgan fingerprint density at radius 3 is 2.83 bits per heavy atom. The summed E-state index contributed by atoms with van der Waals surface area (Å²) >= 11 is 7.61. The first-order valence-corrected chi connectivity index (χ1v) is 9.56. The number of aromatic nitrogens is 3. The highest BCUT2D eigenvalue weighted by Crippen LogP contribution is 2.39. The third-order valence-corrected chi connectivity index (χ3v) is 5.40. The molecular weight excluding hydrogens is 344 g/mol. The van der Waals surface area contributed by atoms with Crippen LogP contribution in [0.3, 0.4) is 0 Å². The van der Waals surface area contributed by atoms with E-state index in [4.69, 9.17) is 11.6 Å². The topological polar surface area (TPSA) is 59.8 Å². The van der Waals surface area contributed by atoms with Crippen molar-refractivity contribution in [2.45, 2.75) is 50.4 Å². The minimum atomic E-state index is -0.127. The van der Waals surface area contributed by atoms with Crippen LogP contribution in [0, 0.1) is 0 Å². The van der Waals surface area contributed by atoms with Crippen LogP contribution in [0.2, 0.25) is 5.02 Å². The Hall–Kier alpha value is -1.53. The Bertz CT molecular complexity index is 729. The van der Waals surface area contributed by atoms with Crippen LogP contribution in [-0.4, -0.2) is 26.4 Å². The van der Waals surface area contributed by atoms with Crippen LogP contribution in [0.5, 0.6) is 0 Å². The van der Waals surface area contributed by atoms with Crippen molar-refractivity contribution in [2.24, 2.45) is 0 Å². The number of amides is 1. The molecule has 1 atom stereocenters. The summed E-state index contributed by atoms with van der Waals surface area (Å²) in [7, 11) is 0. The fraction of sp³-hybridized carbons (Fsp3) is 0.471. The van der Waals surface area contributed by atoms with Crippen LogP contribution >= 0.6 is 23.4 Å². The van der Waals surface area contributed by atoms with Gasteiger partial charge in [0.2, 0.25) is 5.91 Å². The van der Waals surface area contributed by atoms with Crippen molar-refractivity contribution in [1.29, 1.82) is 0 Å². The molecule has 1 aromatic carbocycles. The Labute approximate surface area is 151 Å². The number of thioether (sulfide) groups is 1. The van der Waals surface area contributed by atoms with E-state index in [2.05, 4.69) is 27.0 Å². The van der Waals surface area contributed by atoms with E-state index in [-0.39, 0.29) is 11.9 Å². The molecule has 24 heavy (non-hydrogen) atoms. The monoisotopic (exact) mass is 364 g/mol. The number of benzene rings is 1. The highest BCUT2D eigenvalue weighted by atomic mass is 35.5. The molecule has 128 valence electrons. The summed E-state index contributed by atoms with van der Waals surface area (Å²) in [5, 5.41) is 13.0. The van der Waals surface area contributed by atoms with Gasteiger partial charge in [-0.15, -0.1) is 10.2 Å². The summed E-state index contributed by atoms with van der Waals surface area (Å²) in [4.78, 5) is 12.2. The van der Waals surface area contributed by atoms with Gasteiger partial charge in [0.25, 0.3) is 0 Å². The second kappa shape index (κ2) is 7.57. The Balaban J connectivity index is 1.57. The molecule has 1 aliphatic carbocycles. The molecule has 0 bridgehead atoms. The van der Waals surface area contributed by atoms with Gasteiger partial charge in [-0.1, -0.05) is 41.6 Å². The van der Waals surface area contributed by atoms with Crippen LogP contribution in [0.4, 0.5) is 0 Å². The quantitative estimate of drug-likeness (QED) is 0.759. The number of carbonyl (C=O) groups excluding carboxylic acids is 1. The maximum Gasteiger partial charge on any atom is 0.230 e. The van der Waals surface area contributed by atoms with Crippen molar-refractivity contribution >= 4 is 29.3 Å². The van der Waals surface area contributed by atoms with Gasteiger partial charge in [-0.3, -0.25) is 4.79 Å². The highest BCUT2D eigenvalue weighted by molar-refractivity contribution is 7.99. The van der Waals surface area contributed by atoms with E-state index in [1.165, 1.54) is 24.6 Å². The van der Waals surface area contributed by atoms with Crippen molar-refractivity contribution in [3.63, 3.8) is 0 Å². The summed E-state index contributed by atoms with van der Waals surface area (Å²) < 4.78 is 2.12. The molecule has 1 saturated carbocycles. The molecule has 0 aliphatic heterocycles. The number of hydrogen-bond donors (Lipinski definition) is 1. The molecule has 0 unspecified atom stereocenters. The van der Waals surface area contributed by atoms with Gasteiger partial charge in [-0.05, 0) is 38.3 Å². The van der Waals surface area contributed by atoms with Gasteiger partial charge < -0.3 is 9.88 Å². The second-order valence-electron chi connectivity index (χ2n) is 5.96. The molecule has 5 nitrogen and oxygen atoms in total. The normalized spacial score (nSPS) is 15.3. The third kappa shape index (κ3) is 3.92. The fourth-order valence-corrected chi connectivity index (χ4v) is 3.78. The van der Waals surface area contributed by atoms with E-state index in [1.807, 2.05) is 31.2 Å². The molecule has 1 fully saturated rings. The summed E-state index contributed by atoms with van der Waals surface area (Å²) in [6, 6.07) is 7.43. The zero-order valence-electron chi connectivity index (χ0n) is 13.8. The van der Waals surface area contributed by atoms with Gasteiger partial charge in [0.05, 0.1) is 11.8 Å². The lowest BCUT2D eigenvalue weighted by Crippen LogP contribution is -2.28. The molecule has 1 aliphatic rings. The molecule has 0 radical (unpaired) electrons. The number of hydrogen-bond acceptors (Lipinski definition) is 4. The minimum absolute atomic E-state index is 0.0361. The molecule has 1 heterocycles. The van der Waals surface area contributed by atoms with E-state index in [0.717, 1.165) is 23.1 Å². The van der Waals surface area contributed by atoms with Crippen LogP contribution < -0.4 is 5.32 Å². The largest absolute Gasteiger partial charge is 0.349 e. The summed E-state index contributed by atoms with van der Waals surface area (Å²) in [6.07, 6.45) is 2.39. The van der Waals surface area contributed by atoms with Gasteiger partial charge in [0.15, 0.2) is 5.16 Å². The lowest BCUT2D eigenvalue weighted by molar-refractivity contribution is -0.119. The first-order valence-electron chi connectivity index (χ1n) is 8.19. The van der Waals surface area contributed by atoms with Crippen molar-refractivity contribution in [3.05, 3.63) is 40.7 Å². The van der Waals surface area contributed by atoms with E-state index in [9.17, 15) is 4.79 Å². The summed E-state index contributed by atoms with van der Waals surface area (Å²) in [6.45, 7) is 4.85. The number of carbonyl (C=O) groups is 1. The van der Waals surface area contributed by atoms with Gasteiger partial charge in [0.1, 0.15) is 5.82 Å². The Morgan fingerprint density at radius 2 is 2.17 bits per heavy atom. The van der Waals surface area contributed by atoms with Gasteiger partial charge in [-0.2, -0.15) is 0 Å². The third-order valence-electron chi connectivity index (χ3n) is 4.09. The van der Waals surface area contributed by atoms with E-state index in [1.54, 1.807) is 0 Å². The van der Waals surface area contributed by atoms with Crippen LogP contribution in [0.15, 0.2) is 29.4 Å². The van der Waals surface area contributed by atoms with Crippen molar-refractivity contribution in [1.82, 2.24) is 20.1 Å². The second-order valence-corrected chi connectivity index (χ2v) is 7.31. The molecule has 0 saturated heterocycles. The minimum Gasteiger partial charge on any atom is -0.349 e. The maximum atomic E-state index is 12.2. The number of nitrogens with zero attached hydrogens (tertiary/aromatic N) is 3. The molecular formula is C17H21ClN4OS. The zero-order valence-corrected chi connectivity index (χ0v) is 15.4. The van der Waals surface area contributed by atoms with Gasteiger partial charge >= 0.3 is 0 Å². The average Bonchev–Trinajstić information content (AvgIpc) is 3.33. The maximum absolute atomic E-state index is 12.2. The molecule has 1 aromatic heterocycles. The van der Waals surface area contributed by atoms with Gasteiger partial charge in [0, 0.05) is 17.5 Å². The predicted octanol–water partition coefficient (Wildman–Crippen LogP) is 3.80. The Kier molecular flexibility index (Phi) is 5.46. The van der Waals surface area contributed by atoms with Crippen LogP contribution in [-0.2, 0) is 11.3 Å². The predicted molar refractivity (Wildman–Crippen MR) is 96.4 cm³/mol. The van der Waals surface area contributed by atoms with Crippen LogP contribution in [0.1, 0.15) is 50.0 Å². The number of nitrogens with one attached hydrogen (secondary N) is 1. The SMILES string of the molecule is CCn1c(SCC(=O)N[C@@H](C)c2ccccc2Cl)nnc1C1CC1. The van der Waals surface area contributed by atoms with Gasteiger partial charge in [-0.25, -0.2) is 0 Å². The van der Waals surface area contributed by atoms with E-state index < -0.39 is 0 Å². The van der Waals surface area contributed by atoms with Crippen molar-refractivity contribution in [3.8, 4) is 0 Å². The van der Waals surface area contributed by atoms with Crippen LogP contribution in [0.25, 0.3) is 0 Å². The summed E-state index contributed by atoms with van der Waals surface area (Å²) in [5.41, 5.74) is 0.922. The highest BCUT2D eigenvalue weighted by Gasteiger charge is 2.30. The number of halogens is 1. The first-order chi connectivity index (χ1) is 11.6. The first kappa shape index (κ1) is 17.3. The molecule has 1 amide bonds. The standard InChI is InChI=1S/C17H21ClN4OS/c1-3-22-16(12-8-9-12)20-21-17(22)24-10-15(23)19-11(2)13-6-4-5-7-14(13)18/h4-7,11-12H,3,8-10H2,1-2H3,(H,19,23)/t11-/m0/s1. The fourth-order valence-electron chi connectivity index (χ4n) is 2.66. The van der Waals surface area contributed by atoms with E-state index >= 15 is 0 Å². The lowest BCUT2D eigenvalue weighted by Gasteiger charge is -2.15. The summed E-state index contributed by atoms with van der Waals surface area (Å²) in [5.74, 6) is 1.90. The lowest BCUT2D eigenvalue weighted by atomic mass is 10.1. The average molecular weight is 365 g/mol. The van der Waals surface area contributed by atoms with Crippen molar-refractivity contribution in [2.75, 3.05) is 5.75 Å². The number of rotatable bonds is 7.